The topological polar surface area (TPSA) is 81.7 Å². The van der Waals surface area contributed by atoms with E-state index in [1.54, 1.807) is 11.3 Å². The van der Waals surface area contributed by atoms with Crippen LogP contribution in [0.15, 0.2) is 23.6 Å². The molecule has 0 saturated heterocycles. The minimum absolute atomic E-state index is 0.177. The van der Waals surface area contributed by atoms with Gasteiger partial charge in [-0.3, -0.25) is 4.79 Å². The summed E-state index contributed by atoms with van der Waals surface area (Å²) in [6.45, 7) is 2.21. The number of ether oxygens (including phenoxy) is 2. The largest absolute Gasteiger partial charge is 0.465 e. The van der Waals surface area contributed by atoms with Gasteiger partial charge in [0, 0.05) is 10.3 Å². The molecule has 6 nitrogen and oxygen atoms in total. The van der Waals surface area contributed by atoms with Gasteiger partial charge in [0.2, 0.25) is 0 Å². The molecule has 1 N–H and O–H groups in total. The average molecular weight is 387 g/mol. The lowest BCUT2D eigenvalue weighted by molar-refractivity contribution is 0.0587. The van der Waals surface area contributed by atoms with Crippen molar-refractivity contribution in [1.29, 1.82) is 0 Å². The monoisotopic (exact) mass is 387 g/mol. The minimum Gasteiger partial charge on any atom is -0.465 e. The van der Waals surface area contributed by atoms with Crippen molar-refractivity contribution in [3.05, 3.63) is 50.7 Å². The van der Waals surface area contributed by atoms with Crippen LogP contribution in [0.2, 0.25) is 0 Å². The minimum atomic E-state index is -0.595. The number of rotatable bonds is 4. The Balaban J connectivity index is 1.93. The summed E-state index contributed by atoms with van der Waals surface area (Å²) in [6.07, 6.45) is 2.91. The zero-order valence-corrected chi connectivity index (χ0v) is 16.3. The summed E-state index contributed by atoms with van der Waals surface area (Å²) in [5.74, 6) is -0.823. The van der Waals surface area contributed by atoms with Gasteiger partial charge in [-0.15, -0.1) is 11.3 Å². The summed E-state index contributed by atoms with van der Waals surface area (Å²) >= 11 is 1.59. The predicted octanol–water partition coefficient (Wildman–Crippen LogP) is 3.70. The Bertz CT molecular complexity index is 902. The van der Waals surface area contributed by atoms with Gasteiger partial charge in [0.05, 0.1) is 36.6 Å². The fraction of sp³-hybridized carbons (Fsp3) is 0.350. The van der Waals surface area contributed by atoms with E-state index >= 15 is 0 Å². The average Bonchev–Trinajstić information content (AvgIpc) is 3.09. The number of hydrogen-bond acceptors (Lipinski definition) is 6. The second-order valence-corrected chi connectivity index (χ2v) is 7.56. The highest BCUT2D eigenvalue weighted by Crippen LogP contribution is 2.33. The Morgan fingerprint density at radius 2 is 1.85 bits per heavy atom. The van der Waals surface area contributed by atoms with Crippen LogP contribution >= 0.6 is 11.3 Å². The van der Waals surface area contributed by atoms with Crippen molar-refractivity contribution in [2.75, 3.05) is 19.5 Å². The molecule has 1 amide bonds. The first kappa shape index (κ1) is 19.1. The van der Waals surface area contributed by atoms with E-state index in [0.717, 1.165) is 24.8 Å². The number of fused-ring (bicyclic) bond motifs is 1. The Labute approximate surface area is 161 Å². The summed E-state index contributed by atoms with van der Waals surface area (Å²) in [5.41, 5.74) is 2.34. The van der Waals surface area contributed by atoms with Gasteiger partial charge in [0.25, 0.3) is 5.91 Å². The number of amides is 1. The molecule has 0 saturated carbocycles. The van der Waals surface area contributed by atoms with Crippen LogP contribution in [-0.4, -0.2) is 32.1 Å². The lowest BCUT2D eigenvalue weighted by Crippen LogP contribution is -2.19. The Hall–Kier alpha value is -2.67. The smallest absolute Gasteiger partial charge is 0.339 e. The van der Waals surface area contributed by atoms with Crippen molar-refractivity contribution in [2.24, 2.45) is 5.92 Å². The first-order valence-electron chi connectivity index (χ1n) is 8.65. The fourth-order valence-electron chi connectivity index (χ4n) is 3.24. The normalized spacial score (nSPS) is 15.6. The molecule has 1 atom stereocenters. The SMILES string of the molecule is COC(=O)c1ccc(C(=O)OC)c(NC(=O)c2csc3c2CCC(C)C3)c1. The van der Waals surface area contributed by atoms with Gasteiger partial charge in [0.1, 0.15) is 0 Å². The molecule has 0 aliphatic heterocycles. The van der Waals surface area contributed by atoms with Crippen molar-refractivity contribution in [3.63, 3.8) is 0 Å². The van der Waals surface area contributed by atoms with Crippen LogP contribution in [0.5, 0.6) is 0 Å². The molecule has 1 aliphatic rings. The van der Waals surface area contributed by atoms with Gasteiger partial charge in [0.15, 0.2) is 0 Å². The van der Waals surface area contributed by atoms with Crippen LogP contribution in [0.3, 0.4) is 0 Å². The number of methoxy groups -OCH3 is 2. The second-order valence-electron chi connectivity index (χ2n) is 6.60. The van der Waals surface area contributed by atoms with Gasteiger partial charge in [-0.25, -0.2) is 9.59 Å². The third kappa shape index (κ3) is 3.88. The highest BCUT2D eigenvalue weighted by molar-refractivity contribution is 7.10. The molecule has 7 heteroatoms. The number of hydrogen-bond donors (Lipinski definition) is 1. The number of carbonyl (C=O) groups is 3. The lowest BCUT2D eigenvalue weighted by Gasteiger charge is -2.19. The maximum atomic E-state index is 12.9. The summed E-state index contributed by atoms with van der Waals surface area (Å²) in [4.78, 5) is 38.0. The first-order valence-corrected chi connectivity index (χ1v) is 9.53. The Kier molecular flexibility index (Phi) is 5.60. The number of benzene rings is 1. The van der Waals surface area contributed by atoms with E-state index in [1.165, 1.54) is 37.3 Å². The summed E-state index contributed by atoms with van der Waals surface area (Å²) in [5, 5.41) is 4.63. The zero-order chi connectivity index (χ0) is 19.6. The number of carbonyl (C=O) groups excluding carboxylic acids is 3. The van der Waals surface area contributed by atoms with Crippen LogP contribution in [0.1, 0.15) is 54.9 Å². The highest BCUT2D eigenvalue weighted by Gasteiger charge is 2.24. The van der Waals surface area contributed by atoms with Gasteiger partial charge in [-0.2, -0.15) is 0 Å². The van der Waals surface area contributed by atoms with Crippen LogP contribution in [0.4, 0.5) is 5.69 Å². The van der Waals surface area contributed by atoms with Crippen molar-refractivity contribution >= 4 is 34.9 Å². The Morgan fingerprint density at radius 3 is 2.56 bits per heavy atom. The highest BCUT2D eigenvalue weighted by atomic mass is 32.1. The van der Waals surface area contributed by atoms with Crippen molar-refractivity contribution in [3.8, 4) is 0 Å². The van der Waals surface area contributed by atoms with Crippen molar-refractivity contribution in [2.45, 2.75) is 26.2 Å². The third-order valence-corrected chi connectivity index (χ3v) is 5.79. The van der Waals surface area contributed by atoms with Gasteiger partial charge in [-0.05, 0) is 48.9 Å². The van der Waals surface area contributed by atoms with Crippen molar-refractivity contribution < 1.29 is 23.9 Å². The van der Waals surface area contributed by atoms with E-state index in [9.17, 15) is 14.4 Å². The zero-order valence-electron chi connectivity index (χ0n) is 15.5. The molecular weight excluding hydrogens is 366 g/mol. The van der Waals surface area contributed by atoms with E-state index in [2.05, 4.69) is 12.2 Å². The molecule has 1 heterocycles. The standard InChI is InChI=1S/C20H21NO5S/c1-11-4-6-13-15(10-27-17(13)8-11)18(22)21-16-9-12(19(23)25-2)5-7-14(16)20(24)26-3/h5,7,9-11H,4,6,8H2,1-3H3,(H,21,22). The Morgan fingerprint density at radius 1 is 1.11 bits per heavy atom. The van der Waals surface area contributed by atoms with E-state index < -0.39 is 11.9 Å². The molecule has 27 heavy (non-hydrogen) atoms. The number of anilines is 1. The second kappa shape index (κ2) is 7.92. The van der Waals surface area contributed by atoms with Crippen LogP contribution in [0.25, 0.3) is 0 Å². The molecule has 1 aliphatic carbocycles. The molecule has 0 radical (unpaired) electrons. The molecule has 0 spiro atoms. The molecule has 0 fully saturated rings. The number of nitrogens with one attached hydrogen (secondary N) is 1. The van der Waals surface area contributed by atoms with E-state index in [1.807, 2.05) is 5.38 Å². The molecule has 1 unspecified atom stereocenters. The van der Waals surface area contributed by atoms with Crippen LogP contribution in [-0.2, 0) is 22.3 Å². The van der Waals surface area contributed by atoms with Crippen molar-refractivity contribution in [1.82, 2.24) is 0 Å². The lowest BCUT2D eigenvalue weighted by atomic mass is 9.88. The third-order valence-electron chi connectivity index (χ3n) is 4.74. The molecule has 3 rings (SSSR count). The maximum absolute atomic E-state index is 12.9. The summed E-state index contributed by atoms with van der Waals surface area (Å²) in [6, 6.07) is 4.33. The molecule has 0 bridgehead atoms. The van der Waals surface area contributed by atoms with Crippen LogP contribution in [0, 0.1) is 5.92 Å². The van der Waals surface area contributed by atoms with Gasteiger partial charge in [-0.1, -0.05) is 6.92 Å². The molecule has 1 aromatic carbocycles. The quantitative estimate of drug-likeness (QED) is 0.809. The summed E-state index contributed by atoms with van der Waals surface area (Å²) in [7, 11) is 2.53. The van der Waals surface area contributed by atoms with Gasteiger partial charge >= 0.3 is 11.9 Å². The summed E-state index contributed by atoms with van der Waals surface area (Å²) < 4.78 is 9.49. The maximum Gasteiger partial charge on any atom is 0.339 e. The molecule has 1 aromatic heterocycles. The van der Waals surface area contributed by atoms with Crippen LogP contribution < -0.4 is 5.32 Å². The predicted molar refractivity (Wildman–Crippen MR) is 103 cm³/mol. The number of thiophene rings is 1. The molecular formula is C20H21NO5S. The first-order chi connectivity index (χ1) is 12.9. The van der Waals surface area contributed by atoms with Gasteiger partial charge < -0.3 is 14.8 Å². The fourth-order valence-corrected chi connectivity index (χ4v) is 4.48. The van der Waals surface area contributed by atoms with E-state index in [-0.39, 0.29) is 22.7 Å². The van der Waals surface area contributed by atoms with E-state index in [0.29, 0.717) is 11.5 Å². The molecule has 142 valence electrons. The number of esters is 2. The van der Waals surface area contributed by atoms with E-state index in [4.69, 9.17) is 9.47 Å². The molecule has 2 aromatic rings.